The molecule has 0 fully saturated rings. The minimum Gasteiger partial charge on any atom is -0.463 e. The number of amides is 2. The van der Waals surface area contributed by atoms with Crippen molar-refractivity contribution in [2.75, 3.05) is 26.3 Å². The standard InChI is InChI=1S/C16H17ClN2O4.C14H15ClN2O3.C4H6O3/c1-10(20)23-9-14(21)8-19-16(22)5-11-2-3-15-12(4-11)6-13(17)7-18-15;15-11-5-10-3-9(1-2-13(10)16-6-11)4-14(20)17-7-12(19)8-18;1-3(5)7-4(2)6/h2-4,6-7,14,21H,5,8-9H2,1H3,(H,19,22);1-3,5-6,12,18-19H,4,7-8H2,(H,17,20);1-2H3. The highest BCUT2D eigenvalue weighted by Crippen LogP contribution is 2.19. The van der Waals surface area contributed by atoms with E-state index in [-0.39, 0.29) is 51.0 Å². The molecule has 16 heteroatoms. The van der Waals surface area contributed by atoms with Gasteiger partial charge in [0.15, 0.2) is 0 Å². The van der Waals surface area contributed by atoms with Crippen LogP contribution < -0.4 is 10.6 Å². The zero-order valence-electron chi connectivity index (χ0n) is 27.5. The summed E-state index contributed by atoms with van der Waals surface area (Å²) in [6.07, 6.45) is 1.65. The van der Waals surface area contributed by atoms with Crippen molar-refractivity contribution in [2.24, 2.45) is 0 Å². The SMILES string of the molecule is CC(=O)OC(C)=O.CC(=O)OCC(O)CNC(=O)Cc1ccc2ncc(Cl)cc2c1.O=C(Cc1ccc2ncc(Cl)cc2c1)NCC(O)CO. The number of nitrogens with one attached hydrogen (secondary N) is 2. The van der Waals surface area contributed by atoms with E-state index in [0.29, 0.717) is 10.0 Å². The van der Waals surface area contributed by atoms with E-state index in [1.807, 2.05) is 36.4 Å². The molecule has 2 unspecified atom stereocenters. The van der Waals surface area contributed by atoms with Gasteiger partial charge >= 0.3 is 17.9 Å². The molecule has 4 rings (SSSR count). The molecule has 5 N–H and O–H groups in total. The highest BCUT2D eigenvalue weighted by molar-refractivity contribution is 6.31. The number of hydrogen-bond donors (Lipinski definition) is 5. The number of aliphatic hydroxyl groups excluding tert-OH is 3. The molecule has 0 aliphatic carbocycles. The van der Waals surface area contributed by atoms with E-state index in [1.165, 1.54) is 20.8 Å². The molecule has 0 aliphatic rings. The Morgan fingerprint density at radius 1 is 0.700 bits per heavy atom. The summed E-state index contributed by atoms with van der Waals surface area (Å²) in [4.78, 5) is 62.2. The van der Waals surface area contributed by atoms with Gasteiger partial charge in [0.2, 0.25) is 11.8 Å². The maximum absolute atomic E-state index is 11.9. The molecule has 2 aromatic heterocycles. The zero-order chi connectivity index (χ0) is 37.2. The number of ether oxygens (including phenoxy) is 2. The number of fused-ring (bicyclic) bond motifs is 2. The van der Waals surface area contributed by atoms with Gasteiger partial charge in [0.25, 0.3) is 0 Å². The molecule has 50 heavy (non-hydrogen) atoms. The minimum atomic E-state index is -0.932. The summed E-state index contributed by atoms with van der Waals surface area (Å²) in [5.41, 5.74) is 3.26. The third-order valence-electron chi connectivity index (χ3n) is 6.20. The van der Waals surface area contributed by atoms with Crippen molar-refractivity contribution in [2.45, 2.75) is 45.8 Å². The summed E-state index contributed by atoms with van der Waals surface area (Å²) in [6, 6.07) is 14.6. The fourth-order valence-electron chi connectivity index (χ4n) is 4.03. The first-order valence-corrected chi connectivity index (χ1v) is 15.8. The Kier molecular flexibility index (Phi) is 17.7. The van der Waals surface area contributed by atoms with Gasteiger partial charge in [-0.25, -0.2) is 0 Å². The Bertz CT molecular complexity index is 1780. The largest absolute Gasteiger partial charge is 0.463 e. The number of hydrogen-bond acceptors (Lipinski definition) is 12. The lowest BCUT2D eigenvalue weighted by molar-refractivity contribution is -0.156. The van der Waals surface area contributed by atoms with Gasteiger partial charge in [-0.3, -0.25) is 33.9 Å². The van der Waals surface area contributed by atoms with Crippen LogP contribution in [0.4, 0.5) is 0 Å². The van der Waals surface area contributed by atoms with Crippen LogP contribution in [0.1, 0.15) is 31.9 Å². The quantitative estimate of drug-likeness (QED) is 0.111. The van der Waals surface area contributed by atoms with Gasteiger partial charge < -0.3 is 35.4 Å². The van der Waals surface area contributed by atoms with Gasteiger partial charge in [0.05, 0.1) is 46.6 Å². The molecular weight excluding hydrogens is 695 g/mol. The number of aliphatic hydroxyl groups is 3. The molecule has 0 bridgehead atoms. The van der Waals surface area contributed by atoms with Gasteiger partial charge in [-0.2, -0.15) is 0 Å². The predicted molar refractivity (Wildman–Crippen MR) is 185 cm³/mol. The van der Waals surface area contributed by atoms with Gasteiger partial charge in [-0.1, -0.05) is 35.3 Å². The lowest BCUT2D eigenvalue weighted by Crippen LogP contribution is -2.35. The second-order valence-corrected chi connectivity index (χ2v) is 11.6. The number of carbonyl (C=O) groups is 5. The van der Waals surface area contributed by atoms with Crippen LogP contribution in [0.2, 0.25) is 10.0 Å². The third-order valence-corrected chi connectivity index (χ3v) is 6.61. The molecular formula is C34H38Cl2N4O10. The Morgan fingerprint density at radius 2 is 1.14 bits per heavy atom. The number of pyridine rings is 2. The van der Waals surface area contributed by atoms with Crippen LogP contribution in [0, 0.1) is 0 Å². The molecule has 268 valence electrons. The van der Waals surface area contributed by atoms with Crippen molar-refractivity contribution >= 4 is 74.7 Å². The molecule has 0 saturated carbocycles. The molecule has 0 radical (unpaired) electrons. The smallest absolute Gasteiger partial charge is 0.310 e. The predicted octanol–water partition coefficient (Wildman–Crippen LogP) is 2.47. The van der Waals surface area contributed by atoms with E-state index < -0.39 is 30.1 Å². The molecule has 2 heterocycles. The fourth-order valence-corrected chi connectivity index (χ4v) is 4.36. The Balaban J connectivity index is 0.000000294. The Labute approximate surface area is 297 Å². The number of nitrogens with zero attached hydrogens (tertiary/aromatic N) is 2. The number of aromatic nitrogens is 2. The monoisotopic (exact) mass is 732 g/mol. The van der Waals surface area contributed by atoms with Gasteiger partial charge in [0, 0.05) is 57.0 Å². The van der Waals surface area contributed by atoms with Crippen LogP contribution in [-0.2, 0) is 46.3 Å². The summed E-state index contributed by atoms with van der Waals surface area (Å²) < 4.78 is 8.63. The molecule has 0 saturated heterocycles. The molecule has 2 amide bonds. The van der Waals surface area contributed by atoms with E-state index in [1.54, 1.807) is 24.5 Å². The number of halogens is 2. The first-order chi connectivity index (χ1) is 23.6. The van der Waals surface area contributed by atoms with Crippen molar-refractivity contribution in [1.82, 2.24) is 20.6 Å². The van der Waals surface area contributed by atoms with E-state index in [9.17, 15) is 29.1 Å². The van der Waals surface area contributed by atoms with Crippen LogP contribution >= 0.6 is 23.2 Å². The zero-order valence-corrected chi connectivity index (χ0v) is 29.0. The van der Waals surface area contributed by atoms with E-state index >= 15 is 0 Å². The van der Waals surface area contributed by atoms with Crippen molar-refractivity contribution in [3.8, 4) is 0 Å². The highest BCUT2D eigenvalue weighted by Gasteiger charge is 2.11. The lowest BCUT2D eigenvalue weighted by Gasteiger charge is -2.11. The van der Waals surface area contributed by atoms with Crippen molar-refractivity contribution < 1.29 is 48.8 Å². The van der Waals surface area contributed by atoms with E-state index in [4.69, 9.17) is 33.4 Å². The molecule has 4 aromatic rings. The Hall–Kier alpha value is -4.73. The van der Waals surface area contributed by atoms with Crippen molar-refractivity contribution in [1.29, 1.82) is 0 Å². The average Bonchev–Trinajstić information content (AvgIpc) is 3.04. The summed E-state index contributed by atoms with van der Waals surface area (Å²) in [5.74, 6) is -2.05. The maximum Gasteiger partial charge on any atom is 0.310 e. The normalized spacial score (nSPS) is 11.5. The maximum atomic E-state index is 11.9. The summed E-state index contributed by atoms with van der Waals surface area (Å²) in [7, 11) is 0. The summed E-state index contributed by atoms with van der Waals surface area (Å²) in [5, 5.41) is 35.3. The lowest BCUT2D eigenvalue weighted by atomic mass is 10.1. The Morgan fingerprint density at radius 3 is 1.52 bits per heavy atom. The number of esters is 3. The molecule has 0 aliphatic heterocycles. The van der Waals surface area contributed by atoms with Crippen molar-refractivity contribution in [3.05, 3.63) is 82.1 Å². The van der Waals surface area contributed by atoms with Crippen LogP contribution in [0.3, 0.4) is 0 Å². The average molecular weight is 734 g/mol. The molecule has 0 spiro atoms. The first kappa shape index (κ1) is 41.4. The fraction of sp³-hybridized carbons (Fsp3) is 0.324. The van der Waals surface area contributed by atoms with E-state index in [2.05, 4.69) is 30.1 Å². The van der Waals surface area contributed by atoms with E-state index in [0.717, 1.165) is 32.9 Å². The molecule has 2 atom stereocenters. The number of rotatable bonds is 11. The van der Waals surface area contributed by atoms with Crippen LogP contribution in [0.5, 0.6) is 0 Å². The highest BCUT2D eigenvalue weighted by atomic mass is 35.5. The number of benzene rings is 2. The summed E-state index contributed by atoms with van der Waals surface area (Å²) in [6.45, 7) is 3.16. The van der Waals surface area contributed by atoms with Crippen molar-refractivity contribution in [3.63, 3.8) is 0 Å². The van der Waals surface area contributed by atoms with Gasteiger partial charge in [-0.05, 0) is 47.5 Å². The summed E-state index contributed by atoms with van der Waals surface area (Å²) >= 11 is 11.8. The van der Waals surface area contributed by atoms with Gasteiger partial charge in [-0.15, -0.1) is 0 Å². The molecule has 14 nitrogen and oxygen atoms in total. The van der Waals surface area contributed by atoms with Crippen LogP contribution in [0.25, 0.3) is 21.8 Å². The van der Waals surface area contributed by atoms with Crippen LogP contribution in [-0.4, -0.2) is 93.5 Å². The number of carbonyl (C=O) groups excluding carboxylic acids is 5. The minimum absolute atomic E-state index is 0.0209. The molecule has 2 aromatic carbocycles. The second-order valence-electron chi connectivity index (χ2n) is 10.7. The topological polar surface area (TPSA) is 214 Å². The third kappa shape index (κ3) is 16.6. The van der Waals surface area contributed by atoms with Gasteiger partial charge in [0.1, 0.15) is 12.7 Å². The second kappa shape index (κ2) is 21.4. The first-order valence-electron chi connectivity index (χ1n) is 15.1. The van der Waals surface area contributed by atoms with Crippen LogP contribution in [0.15, 0.2) is 60.9 Å².